The number of anilines is 1. The van der Waals surface area contributed by atoms with Gasteiger partial charge in [-0.2, -0.15) is 0 Å². The lowest BCUT2D eigenvalue weighted by Gasteiger charge is -2.26. The van der Waals surface area contributed by atoms with Crippen molar-refractivity contribution in [2.75, 3.05) is 12.0 Å². The molecule has 0 aliphatic carbocycles. The number of methoxy groups -OCH3 is 1. The molecule has 31 heavy (non-hydrogen) atoms. The van der Waals surface area contributed by atoms with Gasteiger partial charge in [0.1, 0.15) is 11.3 Å². The van der Waals surface area contributed by atoms with Crippen LogP contribution in [0.3, 0.4) is 0 Å². The van der Waals surface area contributed by atoms with Gasteiger partial charge >= 0.3 is 0 Å². The summed E-state index contributed by atoms with van der Waals surface area (Å²) in [4.78, 5) is 28.6. The van der Waals surface area contributed by atoms with Crippen molar-refractivity contribution in [2.45, 2.75) is 13.0 Å². The van der Waals surface area contributed by atoms with E-state index in [-0.39, 0.29) is 17.1 Å². The number of carbonyl (C=O) groups is 1. The molecule has 1 aliphatic rings. The number of rotatable bonds is 3. The van der Waals surface area contributed by atoms with Gasteiger partial charge in [0.25, 0.3) is 5.91 Å². The molecule has 0 saturated heterocycles. The minimum absolute atomic E-state index is 0.0493. The number of hydrogen-bond donors (Lipinski definition) is 0. The Morgan fingerprint density at radius 3 is 2.58 bits per heavy atom. The summed E-state index contributed by atoms with van der Waals surface area (Å²) in [5.41, 5.74) is 2.70. The summed E-state index contributed by atoms with van der Waals surface area (Å²) in [5, 5.41) is 0.973. The largest absolute Gasteiger partial charge is 0.497 e. The molecule has 6 heteroatoms. The van der Waals surface area contributed by atoms with Crippen LogP contribution in [0.25, 0.3) is 11.0 Å². The molecule has 0 N–H and O–H groups in total. The molecule has 0 bridgehead atoms. The maximum Gasteiger partial charge on any atom is 0.295 e. The summed E-state index contributed by atoms with van der Waals surface area (Å²) >= 11 is 6.37. The van der Waals surface area contributed by atoms with Crippen molar-refractivity contribution in [3.63, 3.8) is 0 Å². The summed E-state index contributed by atoms with van der Waals surface area (Å²) in [6.45, 7) is 1.89. The highest BCUT2D eigenvalue weighted by Gasteiger charge is 2.43. The molecule has 1 aliphatic heterocycles. The molecule has 4 aromatic rings. The molecule has 0 saturated carbocycles. The van der Waals surface area contributed by atoms with Crippen LogP contribution in [-0.2, 0) is 0 Å². The molecule has 154 valence electrons. The van der Waals surface area contributed by atoms with E-state index in [9.17, 15) is 9.59 Å². The maximum absolute atomic E-state index is 13.5. The summed E-state index contributed by atoms with van der Waals surface area (Å²) in [6, 6.07) is 19.0. The number of halogens is 1. The van der Waals surface area contributed by atoms with Gasteiger partial charge in [0.15, 0.2) is 5.43 Å². The number of amides is 1. The number of fused-ring (bicyclic) bond motifs is 2. The minimum atomic E-state index is -0.669. The van der Waals surface area contributed by atoms with Crippen molar-refractivity contribution in [3.05, 3.63) is 104 Å². The van der Waals surface area contributed by atoms with E-state index in [1.54, 1.807) is 42.3 Å². The normalized spacial score (nSPS) is 15.4. The second-order valence-electron chi connectivity index (χ2n) is 7.46. The molecule has 5 nitrogen and oxygen atoms in total. The standard InChI is InChI=1S/C25H18ClNO4/c1-14-10-11-16(13-19(14)26)27-22(15-6-5-7-17(12-15)30-2)21-23(28)18-8-3-4-9-20(18)31-24(21)25(27)29/h3-13,22H,1-2H3. The van der Waals surface area contributed by atoms with Crippen LogP contribution in [0.5, 0.6) is 5.75 Å². The van der Waals surface area contributed by atoms with Crippen LogP contribution in [0.1, 0.15) is 33.3 Å². The predicted molar refractivity (Wildman–Crippen MR) is 120 cm³/mol. The predicted octanol–water partition coefficient (Wildman–Crippen LogP) is 5.51. The fraction of sp³-hybridized carbons (Fsp3) is 0.120. The van der Waals surface area contributed by atoms with Crippen molar-refractivity contribution in [1.82, 2.24) is 0 Å². The SMILES string of the molecule is COc1cccc(C2c3c(oc4ccccc4c3=O)C(=O)N2c2ccc(C)c(Cl)c2)c1. The second-order valence-corrected chi connectivity index (χ2v) is 7.87. The van der Waals surface area contributed by atoms with Gasteiger partial charge in [-0.25, -0.2) is 0 Å². The zero-order valence-electron chi connectivity index (χ0n) is 16.9. The van der Waals surface area contributed by atoms with Gasteiger partial charge in [0.2, 0.25) is 5.76 Å². The number of aryl methyl sites for hydroxylation is 1. The van der Waals surface area contributed by atoms with Crippen LogP contribution in [-0.4, -0.2) is 13.0 Å². The first-order valence-corrected chi connectivity index (χ1v) is 10.2. The number of para-hydroxylation sites is 1. The van der Waals surface area contributed by atoms with E-state index in [0.29, 0.717) is 33.0 Å². The average Bonchev–Trinajstić information content (AvgIpc) is 3.08. The van der Waals surface area contributed by atoms with Crippen molar-refractivity contribution in [2.24, 2.45) is 0 Å². The Balaban J connectivity index is 1.82. The Labute approximate surface area is 183 Å². The van der Waals surface area contributed by atoms with E-state index in [0.717, 1.165) is 11.1 Å². The van der Waals surface area contributed by atoms with E-state index < -0.39 is 6.04 Å². The topological polar surface area (TPSA) is 59.8 Å². The molecule has 1 amide bonds. The molecular formula is C25H18ClNO4. The first-order chi connectivity index (χ1) is 15.0. The Kier molecular flexibility index (Phi) is 4.56. The van der Waals surface area contributed by atoms with Gasteiger partial charge in [-0.1, -0.05) is 41.9 Å². The molecule has 5 rings (SSSR count). The van der Waals surface area contributed by atoms with E-state index in [4.69, 9.17) is 20.8 Å². The highest BCUT2D eigenvalue weighted by Crippen LogP contribution is 2.42. The summed E-state index contributed by atoms with van der Waals surface area (Å²) < 4.78 is 11.3. The zero-order chi connectivity index (χ0) is 21.7. The fourth-order valence-corrected chi connectivity index (χ4v) is 4.22. The van der Waals surface area contributed by atoms with Crippen molar-refractivity contribution >= 4 is 34.2 Å². The van der Waals surface area contributed by atoms with Gasteiger partial charge in [-0.15, -0.1) is 0 Å². The van der Waals surface area contributed by atoms with E-state index >= 15 is 0 Å². The van der Waals surface area contributed by atoms with Crippen molar-refractivity contribution in [1.29, 1.82) is 0 Å². The fourth-order valence-electron chi connectivity index (χ4n) is 4.04. The van der Waals surface area contributed by atoms with Gasteiger partial charge in [-0.3, -0.25) is 14.5 Å². The Hall–Kier alpha value is -3.57. The van der Waals surface area contributed by atoms with E-state index in [1.165, 1.54) is 0 Å². The maximum atomic E-state index is 13.5. The smallest absolute Gasteiger partial charge is 0.295 e. The lowest BCUT2D eigenvalue weighted by Crippen LogP contribution is -2.29. The third kappa shape index (κ3) is 3.01. The van der Waals surface area contributed by atoms with Crippen LogP contribution in [0, 0.1) is 6.92 Å². The number of ether oxygens (including phenoxy) is 1. The van der Waals surface area contributed by atoms with E-state index in [1.807, 2.05) is 43.3 Å². The Morgan fingerprint density at radius 1 is 1.00 bits per heavy atom. The molecule has 3 aromatic carbocycles. The quantitative estimate of drug-likeness (QED) is 0.429. The van der Waals surface area contributed by atoms with Crippen LogP contribution in [0.15, 0.2) is 75.9 Å². The van der Waals surface area contributed by atoms with Crippen molar-refractivity contribution < 1.29 is 13.9 Å². The molecule has 1 aromatic heterocycles. The third-order valence-electron chi connectivity index (χ3n) is 5.62. The molecule has 1 unspecified atom stereocenters. The number of carbonyl (C=O) groups excluding carboxylic acids is 1. The lowest BCUT2D eigenvalue weighted by atomic mass is 9.98. The second kappa shape index (κ2) is 7.29. The Bertz CT molecular complexity index is 1410. The van der Waals surface area contributed by atoms with Gasteiger partial charge in [0, 0.05) is 10.7 Å². The first-order valence-electron chi connectivity index (χ1n) is 9.79. The van der Waals surface area contributed by atoms with Crippen LogP contribution in [0.2, 0.25) is 5.02 Å². The lowest BCUT2D eigenvalue weighted by molar-refractivity contribution is 0.0971. The van der Waals surface area contributed by atoms with Gasteiger partial charge < -0.3 is 9.15 Å². The van der Waals surface area contributed by atoms with Gasteiger partial charge in [-0.05, 0) is 54.4 Å². The third-order valence-corrected chi connectivity index (χ3v) is 6.03. The molecule has 1 atom stereocenters. The molecule has 0 spiro atoms. The van der Waals surface area contributed by atoms with Gasteiger partial charge in [0.05, 0.1) is 24.1 Å². The first kappa shape index (κ1) is 19.4. The zero-order valence-corrected chi connectivity index (χ0v) is 17.6. The molecule has 0 fully saturated rings. The Morgan fingerprint density at radius 2 is 1.81 bits per heavy atom. The number of benzene rings is 3. The number of nitrogens with zero attached hydrogens (tertiary/aromatic N) is 1. The molecule has 2 heterocycles. The highest BCUT2D eigenvalue weighted by atomic mass is 35.5. The summed E-state index contributed by atoms with van der Waals surface area (Å²) in [6.07, 6.45) is 0. The highest BCUT2D eigenvalue weighted by molar-refractivity contribution is 6.31. The summed E-state index contributed by atoms with van der Waals surface area (Å²) in [5.74, 6) is 0.296. The van der Waals surface area contributed by atoms with Crippen LogP contribution >= 0.6 is 11.6 Å². The van der Waals surface area contributed by atoms with Crippen LogP contribution in [0.4, 0.5) is 5.69 Å². The molecular weight excluding hydrogens is 414 g/mol. The van der Waals surface area contributed by atoms with Crippen LogP contribution < -0.4 is 15.1 Å². The van der Waals surface area contributed by atoms with E-state index in [2.05, 4.69) is 0 Å². The minimum Gasteiger partial charge on any atom is -0.497 e. The summed E-state index contributed by atoms with van der Waals surface area (Å²) in [7, 11) is 1.58. The average molecular weight is 432 g/mol. The molecule has 0 radical (unpaired) electrons. The van der Waals surface area contributed by atoms with Crippen molar-refractivity contribution in [3.8, 4) is 5.75 Å². The monoisotopic (exact) mass is 431 g/mol. The number of hydrogen-bond acceptors (Lipinski definition) is 4.